The van der Waals surface area contributed by atoms with Crippen molar-refractivity contribution in [2.24, 2.45) is 0 Å². The molecule has 12 nitrogen and oxygen atoms in total. The number of rotatable bonds is 6. The number of hydrogen-bond acceptors (Lipinski definition) is 10. The fourth-order valence-corrected chi connectivity index (χ4v) is 7.56. The van der Waals surface area contributed by atoms with Crippen LogP contribution in [0, 0.1) is 11.6 Å². The van der Waals surface area contributed by atoms with Crippen molar-refractivity contribution >= 4 is 26.9 Å². The molecule has 3 fully saturated rings. The molecule has 2 atom stereocenters. The first-order valence-corrected chi connectivity index (χ1v) is 16.0. The van der Waals surface area contributed by atoms with E-state index in [-0.39, 0.29) is 45.4 Å². The Morgan fingerprint density at radius 2 is 1.69 bits per heavy atom. The molecule has 1 aliphatic carbocycles. The third-order valence-corrected chi connectivity index (χ3v) is 10.2. The molecule has 0 unspecified atom stereocenters. The highest BCUT2D eigenvalue weighted by atomic mass is 32.2. The highest BCUT2D eigenvalue weighted by Crippen LogP contribution is 2.39. The minimum atomic E-state index is -4.37. The van der Waals surface area contributed by atoms with Crippen LogP contribution >= 0.6 is 0 Å². The summed E-state index contributed by atoms with van der Waals surface area (Å²) in [7, 11) is -4.37. The van der Waals surface area contributed by atoms with Gasteiger partial charge in [-0.3, -0.25) is 0 Å². The lowest BCUT2D eigenvalue weighted by Gasteiger charge is -2.34. The number of aromatic nitrogens is 6. The van der Waals surface area contributed by atoms with Crippen LogP contribution in [-0.4, -0.2) is 67.4 Å². The Kier molecular flexibility index (Phi) is 6.25. The van der Waals surface area contributed by atoms with Crippen LogP contribution in [0.2, 0.25) is 0 Å². The van der Waals surface area contributed by atoms with Gasteiger partial charge in [-0.15, -0.1) is 9.19 Å². The number of nitrogens with zero attached hydrogens (tertiary/aromatic N) is 7. The number of halogens is 2. The molecule has 45 heavy (non-hydrogen) atoms. The zero-order valence-corrected chi connectivity index (χ0v) is 24.5. The van der Waals surface area contributed by atoms with E-state index in [1.165, 1.54) is 30.3 Å². The average molecular weight is 633 g/mol. The van der Waals surface area contributed by atoms with Crippen LogP contribution in [0.15, 0.2) is 64.5 Å². The van der Waals surface area contributed by atoms with Gasteiger partial charge in [-0.2, -0.15) is 13.4 Å². The largest absolute Gasteiger partial charge is 0.507 e. The van der Waals surface area contributed by atoms with Crippen LogP contribution in [0.1, 0.15) is 37.4 Å². The van der Waals surface area contributed by atoms with Crippen LogP contribution in [0.4, 0.5) is 14.6 Å². The van der Waals surface area contributed by atoms with Crippen molar-refractivity contribution in [3.05, 3.63) is 82.8 Å². The molecule has 230 valence electrons. The minimum Gasteiger partial charge on any atom is -0.507 e. The third kappa shape index (κ3) is 4.56. The number of para-hydroxylation sites is 1. The number of phenols is 1. The fraction of sp³-hybridized carbons (Fsp3) is 0.300. The summed E-state index contributed by atoms with van der Waals surface area (Å²) in [5.41, 5.74) is -2.18. The Bertz CT molecular complexity index is 2150. The normalized spacial score (nSPS) is 19.8. The van der Waals surface area contributed by atoms with E-state index >= 15 is 4.39 Å². The Morgan fingerprint density at radius 3 is 2.42 bits per heavy atom. The number of anilines is 1. The van der Waals surface area contributed by atoms with Crippen LogP contribution < -0.4 is 15.9 Å². The predicted molar refractivity (Wildman–Crippen MR) is 159 cm³/mol. The average Bonchev–Trinajstić information content (AvgIpc) is 3.64. The number of nitrogens with one attached hydrogen (secondary N) is 1. The number of phenolic OH excluding ortho intramolecular Hbond substituents is 1. The van der Waals surface area contributed by atoms with Gasteiger partial charge in [-0.1, -0.05) is 18.2 Å². The van der Waals surface area contributed by atoms with E-state index in [2.05, 4.69) is 25.4 Å². The summed E-state index contributed by atoms with van der Waals surface area (Å²) < 4.78 is 60.4. The molecule has 5 heterocycles. The summed E-state index contributed by atoms with van der Waals surface area (Å²) in [4.78, 5) is 28.5. The SMILES string of the molecule is O=c1nc(N2C[C@H]3CC[C@@H](C2)N3)c2cc(F)c(-c3c(O)cccc3F)nc2n1-c1ccccc1S(=O)(=O)n1cnc(C2CC2)n1. The summed E-state index contributed by atoms with van der Waals surface area (Å²) in [6, 6.07) is 10.7. The maximum atomic E-state index is 15.9. The predicted octanol–water partition coefficient (Wildman–Crippen LogP) is 3.08. The summed E-state index contributed by atoms with van der Waals surface area (Å²) in [5, 5.41) is 18.3. The summed E-state index contributed by atoms with van der Waals surface area (Å²) >= 11 is 0. The molecule has 2 aliphatic heterocycles. The molecule has 2 aromatic carbocycles. The van der Waals surface area contributed by atoms with Gasteiger partial charge >= 0.3 is 5.69 Å². The minimum absolute atomic E-state index is 0.104. The third-order valence-electron chi connectivity index (χ3n) is 8.61. The van der Waals surface area contributed by atoms with E-state index < -0.39 is 44.4 Å². The van der Waals surface area contributed by atoms with Gasteiger partial charge in [-0.25, -0.2) is 28.1 Å². The summed E-state index contributed by atoms with van der Waals surface area (Å²) in [5.74, 6) is -1.73. The molecule has 2 N–H and O–H groups in total. The standard InChI is InChI=1S/C30H26F2N8O4S/c31-20-4-3-6-23(41)25(20)26-21(32)12-19-28(38-13-17-10-11-18(14-38)34-17)36-30(42)40(29(19)35-26)22-5-1-2-7-24(22)45(43,44)39-15-33-27(37-39)16-8-9-16/h1-7,12,15-18,34,41H,8-11,13-14H2/t17-,18+. The lowest BCUT2D eigenvalue weighted by molar-refractivity contribution is 0.463. The van der Waals surface area contributed by atoms with Crippen molar-refractivity contribution in [1.29, 1.82) is 0 Å². The first-order chi connectivity index (χ1) is 21.7. The van der Waals surface area contributed by atoms with Gasteiger partial charge in [0.1, 0.15) is 34.3 Å². The van der Waals surface area contributed by atoms with Crippen molar-refractivity contribution < 1.29 is 22.3 Å². The second kappa shape index (κ2) is 10.1. The van der Waals surface area contributed by atoms with Gasteiger partial charge in [0.05, 0.1) is 16.6 Å². The highest BCUT2D eigenvalue weighted by Gasteiger charge is 2.35. The van der Waals surface area contributed by atoms with Gasteiger partial charge in [0.25, 0.3) is 10.0 Å². The van der Waals surface area contributed by atoms with Crippen molar-refractivity contribution in [2.75, 3.05) is 18.0 Å². The molecule has 3 aliphatic rings. The Labute approximate surface area is 255 Å². The lowest BCUT2D eigenvalue weighted by atomic mass is 10.1. The number of fused-ring (bicyclic) bond motifs is 3. The molecule has 2 bridgehead atoms. The number of aromatic hydroxyl groups is 1. The number of pyridine rings is 1. The zero-order valence-electron chi connectivity index (χ0n) is 23.6. The van der Waals surface area contributed by atoms with Gasteiger partial charge in [-0.05, 0) is 56.0 Å². The summed E-state index contributed by atoms with van der Waals surface area (Å²) in [6.07, 6.45) is 4.74. The molecule has 3 aromatic heterocycles. The van der Waals surface area contributed by atoms with E-state index in [0.717, 1.165) is 52.8 Å². The maximum Gasteiger partial charge on any atom is 0.355 e. The molecular formula is C30H26F2N8O4S. The smallest absolute Gasteiger partial charge is 0.355 e. The van der Waals surface area contributed by atoms with Crippen LogP contribution in [0.5, 0.6) is 5.75 Å². The first-order valence-electron chi connectivity index (χ1n) is 14.6. The molecule has 1 saturated carbocycles. The molecule has 2 saturated heterocycles. The second-order valence-electron chi connectivity index (χ2n) is 11.6. The van der Waals surface area contributed by atoms with Crippen LogP contribution in [0.3, 0.4) is 0 Å². The van der Waals surface area contributed by atoms with E-state index in [1.54, 1.807) is 6.07 Å². The molecule has 5 aromatic rings. The topological polar surface area (TPSA) is 148 Å². The Hall–Kier alpha value is -4.76. The molecular weight excluding hydrogens is 606 g/mol. The molecule has 8 rings (SSSR count). The number of hydrogen-bond donors (Lipinski definition) is 2. The van der Waals surface area contributed by atoms with Crippen molar-refractivity contribution in [3.8, 4) is 22.7 Å². The van der Waals surface area contributed by atoms with E-state index in [4.69, 9.17) is 0 Å². The van der Waals surface area contributed by atoms with Gasteiger partial charge < -0.3 is 15.3 Å². The maximum absolute atomic E-state index is 15.9. The fourth-order valence-electron chi connectivity index (χ4n) is 6.32. The van der Waals surface area contributed by atoms with Gasteiger partial charge in [0, 0.05) is 31.1 Å². The highest BCUT2D eigenvalue weighted by molar-refractivity contribution is 7.90. The van der Waals surface area contributed by atoms with Gasteiger partial charge in [0.15, 0.2) is 17.3 Å². The van der Waals surface area contributed by atoms with Crippen molar-refractivity contribution in [2.45, 2.75) is 48.6 Å². The molecule has 0 radical (unpaired) electrons. The summed E-state index contributed by atoms with van der Waals surface area (Å²) in [6.45, 7) is 1.03. The van der Waals surface area contributed by atoms with Crippen molar-refractivity contribution in [3.63, 3.8) is 0 Å². The monoisotopic (exact) mass is 632 g/mol. The zero-order chi connectivity index (χ0) is 31.0. The number of piperazine rings is 1. The van der Waals surface area contributed by atoms with Gasteiger partial charge in [0.2, 0.25) is 0 Å². The quantitative estimate of drug-likeness (QED) is 0.286. The van der Waals surface area contributed by atoms with Crippen LogP contribution in [0.25, 0.3) is 28.0 Å². The van der Waals surface area contributed by atoms with E-state index in [1.807, 2.05) is 4.90 Å². The van der Waals surface area contributed by atoms with Crippen LogP contribution in [-0.2, 0) is 10.0 Å². The number of benzene rings is 2. The molecule has 0 amide bonds. The lowest BCUT2D eigenvalue weighted by Crippen LogP contribution is -2.52. The molecule has 0 spiro atoms. The van der Waals surface area contributed by atoms with E-state index in [0.29, 0.717) is 18.9 Å². The second-order valence-corrected chi connectivity index (χ2v) is 13.4. The van der Waals surface area contributed by atoms with Crippen molar-refractivity contribution in [1.82, 2.24) is 34.0 Å². The Balaban J connectivity index is 1.38. The van der Waals surface area contributed by atoms with E-state index in [9.17, 15) is 22.7 Å². The Morgan fingerprint density at radius 1 is 0.933 bits per heavy atom. The molecule has 15 heteroatoms. The first kappa shape index (κ1) is 27.8.